The number of hydrogen-bond acceptors (Lipinski definition) is 4. The minimum atomic E-state index is 0.499. The molecule has 0 saturated heterocycles. The summed E-state index contributed by atoms with van der Waals surface area (Å²) in [4.78, 5) is 10.3. The molecule has 1 N–H and O–H groups in total. The van der Waals surface area contributed by atoms with E-state index in [1.54, 1.807) is 17.5 Å². The van der Waals surface area contributed by atoms with E-state index in [2.05, 4.69) is 37.1 Å². The minimum absolute atomic E-state index is 0.499. The predicted molar refractivity (Wildman–Crippen MR) is 81.3 cm³/mol. The molecule has 0 aromatic carbocycles. The molecule has 2 rings (SSSR count). The second kappa shape index (κ2) is 6.78. The summed E-state index contributed by atoms with van der Waals surface area (Å²) in [6.45, 7) is 7.44. The number of aryl methyl sites for hydroxylation is 1. The lowest BCUT2D eigenvalue weighted by molar-refractivity contribution is 0.589. The van der Waals surface area contributed by atoms with Crippen molar-refractivity contribution in [3.8, 4) is 10.6 Å². The van der Waals surface area contributed by atoms with Gasteiger partial charge in [-0.25, -0.2) is 4.98 Å². The lowest BCUT2D eigenvalue weighted by atomic mass is 10.2. The number of hydrogen-bond donors (Lipinski definition) is 1. The highest BCUT2D eigenvalue weighted by molar-refractivity contribution is 7.15. The summed E-state index contributed by atoms with van der Waals surface area (Å²) in [7, 11) is 0. The van der Waals surface area contributed by atoms with Gasteiger partial charge in [-0.15, -0.1) is 11.3 Å². The first kappa shape index (κ1) is 14.2. The van der Waals surface area contributed by atoms with Crippen molar-refractivity contribution >= 4 is 11.3 Å². The van der Waals surface area contributed by atoms with Gasteiger partial charge in [0.2, 0.25) is 0 Å². The van der Waals surface area contributed by atoms with E-state index in [1.165, 1.54) is 10.6 Å². The van der Waals surface area contributed by atoms with Gasteiger partial charge in [0.15, 0.2) is 0 Å². The first-order valence-corrected chi connectivity index (χ1v) is 7.64. The maximum Gasteiger partial charge on any atom is 0.125 e. The highest BCUT2D eigenvalue weighted by atomic mass is 32.1. The van der Waals surface area contributed by atoms with Gasteiger partial charge in [0, 0.05) is 35.4 Å². The van der Waals surface area contributed by atoms with E-state index >= 15 is 0 Å². The maximum atomic E-state index is 4.79. The first-order chi connectivity index (χ1) is 9.20. The SMILES string of the molecule is CCCc1nc(-c2cccnc2)sc1CNC(C)C. The maximum absolute atomic E-state index is 4.79. The van der Waals surface area contributed by atoms with Crippen molar-refractivity contribution in [3.05, 3.63) is 35.1 Å². The van der Waals surface area contributed by atoms with Crippen LogP contribution in [0.3, 0.4) is 0 Å². The van der Waals surface area contributed by atoms with Gasteiger partial charge in [0.25, 0.3) is 0 Å². The van der Waals surface area contributed by atoms with Crippen molar-refractivity contribution in [3.63, 3.8) is 0 Å². The molecule has 3 nitrogen and oxygen atoms in total. The zero-order valence-corrected chi connectivity index (χ0v) is 12.6. The zero-order chi connectivity index (χ0) is 13.7. The summed E-state index contributed by atoms with van der Waals surface area (Å²) >= 11 is 1.78. The molecule has 19 heavy (non-hydrogen) atoms. The van der Waals surface area contributed by atoms with E-state index in [9.17, 15) is 0 Å². The third-order valence-corrected chi connectivity index (χ3v) is 3.99. The molecule has 0 fully saturated rings. The van der Waals surface area contributed by atoms with Crippen molar-refractivity contribution in [1.82, 2.24) is 15.3 Å². The fourth-order valence-electron chi connectivity index (χ4n) is 1.86. The van der Waals surface area contributed by atoms with Gasteiger partial charge in [-0.05, 0) is 18.6 Å². The third kappa shape index (κ3) is 3.85. The molecule has 0 atom stereocenters. The van der Waals surface area contributed by atoms with Gasteiger partial charge in [-0.3, -0.25) is 4.98 Å². The molecule has 0 bridgehead atoms. The number of pyridine rings is 1. The molecule has 2 aromatic rings. The summed E-state index contributed by atoms with van der Waals surface area (Å²) in [6.07, 6.45) is 5.86. The molecule has 2 heterocycles. The van der Waals surface area contributed by atoms with Gasteiger partial charge in [0.05, 0.1) is 5.69 Å². The van der Waals surface area contributed by atoms with Crippen molar-refractivity contribution < 1.29 is 0 Å². The van der Waals surface area contributed by atoms with E-state index in [-0.39, 0.29) is 0 Å². The van der Waals surface area contributed by atoms with Gasteiger partial charge in [-0.2, -0.15) is 0 Å². The van der Waals surface area contributed by atoms with Gasteiger partial charge < -0.3 is 5.32 Å². The standard InChI is InChI=1S/C15H21N3S/c1-4-6-13-14(10-17-11(2)3)19-15(18-13)12-7-5-8-16-9-12/h5,7-9,11,17H,4,6,10H2,1-3H3. The minimum Gasteiger partial charge on any atom is -0.310 e. The Morgan fingerprint density at radius 2 is 2.21 bits per heavy atom. The van der Waals surface area contributed by atoms with E-state index < -0.39 is 0 Å². The Morgan fingerprint density at radius 3 is 2.84 bits per heavy atom. The van der Waals surface area contributed by atoms with Crippen molar-refractivity contribution in [2.75, 3.05) is 0 Å². The van der Waals surface area contributed by atoms with Crippen LogP contribution in [0.2, 0.25) is 0 Å². The van der Waals surface area contributed by atoms with Crippen LogP contribution in [-0.2, 0) is 13.0 Å². The van der Waals surface area contributed by atoms with Crippen LogP contribution in [0.25, 0.3) is 10.6 Å². The molecule has 0 saturated carbocycles. The quantitative estimate of drug-likeness (QED) is 0.874. The molecular formula is C15H21N3S. The third-order valence-electron chi connectivity index (χ3n) is 2.84. The molecular weight excluding hydrogens is 254 g/mol. The number of nitrogens with one attached hydrogen (secondary N) is 1. The molecule has 0 amide bonds. The second-order valence-electron chi connectivity index (χ2n) is 4.92. The van der Waals surface area contributed by atoms with Crippen LogP contribution in [0.4, 0.5) is 0 Å². The fraction of sp³-hybridized carbons (Fsp3) is 0.467. The zero-order valence-electron chi connectivity index (χ0n) is 11.8. The molecule has 0 unspecified atom stereocenters. The van der Waals surface area contributed by atoms with Crippen LogP contribution < -0.4 is 5.32 Å². The normalized spacial score (nSPS) is 11.2. The summed E-state index contributed by atoms with van der Waals surface area (Å²) in [5, 5.41) is 4.56. The second-order valence-corrected chi connectivity index (χ2v) is 6.00. The molecule has 0 spiro atoms. The Morgan fingerprint density at radius 1 is 1.37 bits per heavy atom. The fourth-order valence-corrected chi connectivity index (χ4v) is 2.91. The molecule has 0 aliphatic rings. The van der Waals surface area contributed by atoms with Crippen LogP contribution in [0.1, 0.15) is 37.8 Å². The number of rotatable bonds is 6. The van der Waals surface area contributed by atoms with E-state index in [0.717, 1.165) is 30.0 Å². The Bertz CT molecular complexity index is 505. The first-order valence-electron chi connectivity index (χ1n) is 6.83. The molecule has 0 aliphatic heterocycles. The Kier molecular flexibility index (Phi) is 5.05. The van der Waals surface area contributed by atoms with Crippen LogP contribution in [0.15, 0.2) is 24.5 Å². The molecule has 0 radical (unpaired) electrons. The Balaban J connectivity index is 2.24. The average molecular weight is 275 g/mol. The van der Waals surface area contributed by atoms with E-state index in [0.29, 0.717) is 6.04 Å². The topological polar surface area (TPSA) is 37.8 Å². The van der Waals surface area contributed by atoms with Crippen molar-refractivity contribution in [1.29, 1.82) is 0 Å². The summed E-state index contributed by atoms with van der Waals surface area (Å²) < 4.78 is 0. The Hall–Kier alpha value is -1.26. The molecule has 0 aliphatic carbocycles. The van der Waals surface area contributed by atoms with Crippen molar-refractivity contribution in [2.45, 2.75) is 46.2 Å². The number of nitrogens with zero attached hydrogens (tertiary/aromatic N) is 2. The van der Waals surface area contributed by atoms with Crippen LogP contribution in [0.5, 0.6) is 0 Å². The van der Waals surface area contributed by atoms with E-state index in [1.807, 2.05) is 12.3 Å². The summed E-state index contributed by atoms with van der Waals surface area (Å²) in [5.41, 5.74) is 2.35. The molecule has 4 heteroatoms. The van der Waals surface area contributed by atoms with Crippen LogP contribution in [0, 0.1) is 0 Å². The Labute approximate surface area is 119 Å². The predicted octanol–water partition coefficient (Wildman–Crippen LogP) is 3.66. The van der Waals surface area contributed by atoms with Gasteiger partial charge in [-0.1, -0.05) is 27.2 Å². The number of thiazole rings is 1. The summed E-state index contributed by atoms with van der Waals surface area (Å²) in [5.74, 6) is 0. The number of aromatic nitrogens is 2. The van der Waals surface area contributed by atoms with E-state index in [4.69, 9.17) is 4.98 Å². The molecule has 2 aromatic heterocycles. The highest BCUT2D eigenvalue weighted by Crippen LogP contribution is 2.28. The molecule has 102 valence electrons. The van der Waals surface area contributed by atoms with Gasteiger partial charge in [0.1, 0.15) is 5.01 Å². The monoisotopic (exact) mass is 275 g/mol. The lowest BCUT2D eigenvalue weighted by Gasteiger charge is -2.07. The van der Waals surface area contributed by atoms with Crippen LogP contribution in [-0.4, -0.2) is 16.0 Å². The van der Waals surface area contributed by atoms with Crippen LogP contribution >= 0.6 is 11.3 Å². The largest absolute Gasteiger partial charge is 0.310 e. The summed E-state index contributed by atoms with van der Waals surface area (Å²) in [6, 6.07) is 4.53. The van der Waals surface area contributed by atoms with Gasteiger partial charge >= 0.3 is 0 Å². The van der Waals surface area contributed by atoms with Crippen molar-refractivity contribution in [2.24, 2.45) is 0 Å². The average Bonchev–Trinajstić information content (AvgIpc) is 2.81. The smallest absolute Gasteiger partial charge is 0.125 e. The lowest BCUT2D eigenvalue weighted by Crippen LogP contribution is -2.21. The highest BCUT2D eigenvalue weighted by Gasteiger charge is 2.12.